The predicted molar refractivity (Wildman–Crippen MR) is 100 cm³/mol. The fourth-order valence-electron chi connectivity index (χ4n) is 2.77. The third-order valence-electron chi connectivity index (χ3n) is 4.00. The normalized spacial score (nSPS) is 11.5. The zero-order valence-electron chi connectivity index (χ0n) is 14.2. The van der Waals surface area contributed by atoms with Crippen LogP contribution in [0.5, 0.6) is 0 Å². The van der Waals surface area contributed by atoms with E-state index in [1.165, 1.54) is 18.3 Å². The summed E-state index contributed by atoms with van der Waals surface area (Å²) in [6, 6.07) is 7.28. The lowest BCUT2D eigenvalue weighted by Crippen LogP contribution is -2.08. The van der Waals surface area contributed by atoms with Crippen molar-refractivity contribution in [2.75, 3.05) is 0 Å². The van der Waals surface area contributed by atoms with Gasteiger partial charge in [0, 0.05) is 11.2 Å². The van der Waals surface area contributed by atoms with E-state index in [1.54, 1.807) is 19.1 Å². The predicted octanol–water partition coefficient (Wildman–Crippen LogP) is 4.99. The van der Waals surface area contributed by atoms with Crippen LogP contribution in [0.1, 0.15) is 17.7 Å². The average molecular weight is 423 g/mol. The molecular formula is C18H10Cl2F2N4O2. The van der Waals surface area contributed by atoms with Crippen molar-refractivity contribution in [2.24, 2.45) is 0 Å². The van der Waals surface area contributed by atoms with Gasteiger partial charge in [0.1, 0.15) is 11.4 Å². The summed E-state index contributed by atoms with van der Waals surface area (Å²) in [6.45, 7) is 1.72. The number of benzene rings is 1. The number of fused-ring (bicyclic) bond motifs is 1. The molecule has 3 aromatic heterocycles. The summed E-state index contributed by atoms with van der Waals surface area (Å²) in [6.07, 6.45) is -1.42. The maximum atomic E-state index is 13.3. The van der Waals surface area contributed by atoms with E-state index < -0.39 is 17.7 Å². The van der Waals surface area contributed by atoms with Gasteiger partial charge >= 0.3 is 5.63 Å². The number of hydrogen-bond acceptors (Lipinski definition) is 5. The van der Waals surface area contributed by atoms with Gasteiger partial charge in [-0.2, -0.15) is 5.10 Å². The van der Waals surface area contributed by atoms with Gasteiger partial charge in [0.25, 0.3) is 6.43 Å². The fraction of sp³-hybridized carbons (Fsp3) is 0.111. The highest BCUT2D eigenvalue weighted by Crippen LogP contribution is 2.30. The molecule has 0 amide bonds. The molecule has 0 saturated heterocycles. The highest BCUT2D eigenvalue weighted by Gasteiger charge is 2.23. The van der Waals surface area contributed by atoms with Crippen molar-refractivity contribution in [3.05, 3.63) is 68.3 Å². The summed E-state index contributed by atoms with van der Waals surface area (Å²) >= 11 is 12.1. The van der Waals surface area contributed by atoms with Gasteiger partial charge in [0.05, 0.1) is 15.9 Å². The Bertz CT molecular complexity index is 1270. The molecule has 6 nitrogen and oxygen atoms in total. The first-order chi connectivity index (χ1) is 13.3. The van der Waals surface area contributed by atoms with Gasteiger partial charge in [0.15, 0.2) is 5.82 Å². The molecule has 3 heterocycles. The number of pyridine rings is 1. The molecule has 28 heavy (non-hydrogen) atoms. The molecule has 0 fully saturated rings. The molecule has 0 aliphatic carbocycles. The molecule has 0 unspecified atom stereocenters. The number of aryl methyl sites for hydroxylation is 1. The molecule has 0 atom stereocenters. The Kier molecular flexibility index (Phi) is 4.60. The van der Waals surface area contributed by atoms with Crippen LogP contribution in [0, 0.1) is 6.92 Å². The second kappa shape index (κ2) is 6.96. The molecule has 0 bridgehead atoms. The number of rotatable bonds is 3. The lowest BCUT2D eigenvalue weighted by molar-refractivity contribution is 0.145. The number of nitrogens with zero attached hydrogens (tertiary/aromatic N) is 4. The Hall–Kier alpha value is -2.84. The van der Waals surface area contributed by atoms with E-state index >= 15 is 0 Å². The van der Waals surface area contributed by atoms with Crippen LogP contribution in [0.4, 0.5) is 8.78 Å². The summed E-state index contributed by atoms with van der Waals surface area (Å²) in [5.74, 6) is -0.0903. The molecule has 0 saturated carbocycles. The minimum absolute atomic E-state index is 0.0178. The van der Waals surface area contributed by atoms with E-state index in [4.69, 9.17) is 27.6 Å². The monoisotopic (exact) mass is 422 g/mol. The van der Waals surface area contributed by atoms with Gasteiger partial charge in [-0.1, -0.05) is 23.2 Å². The van der Waals surface area contributed by atoms with Crippen LogP contribution in [-0.4, -0.2) is 19.7 Å². The zero-order chi connectivity index (χ0) is 20.0. The first-order valence-electron chi connectivity index (χ1n) is 7.95. The van der Waals surface area contributed by atoms with Gasteiger partial charge in [-0.05, 0) is 42.8 Å². The van der Waals surface area contributed by atoms with Crippen molar-refractivity contribution in [3.8, 4) is 17.4 Å². The third kappa shape index (κ3) is 3.14. The van der Waals surface area contributed by atoms with Gasteiger partial charge in [-0.3, -0.25) is 0 Å². The first-order valence-corrected chi connectivity index (χ1v) is 8.71. The molecule has 0 radical (unpaired) electrons. The van der Waals surface area contributed by atoms with Gasteiger partial charge in [-0.25, -0.2) is 28.2 Å². The molecule has 4 aromatic rings. The molecule has 10 heteroatoms. The summed E-state index contributed by atoms with van der Waals surface area (Å²) in [4.78, 5) is 20.9. The number of hydrogen-bond donors (Lipinski definition) is 0. The summed E-state index contributed by atoms with van der Waals surface area (Å²) < 4.78 is 32.9. The first kappa shape index (κ1) is 18.5. The van der Waals surface area contributed by atoms with Crippen LogP contribution in [-0.2, 0) is 0 Å². The largest absolute Gasteiger partial charge is 0.401 e. The molecule has 0 spiro atoms. The molecule has 0 N–H and O–H groups in total. The van der Waals surface area contributed by atoms with Crippen molar-refractivity contribution in [3.63, 3.8) is 0 Å². The van der Waals surface area contributed by atoms with Crippen LogP contribution < -0.4 is 5.63 Å². The SMILES string of the molecule is Cc1cc(Cl)cc2c(=O)oc(-c3cc(C(F)F)nn3-c3ncccc3Cl)nc12. The number of alkyl halides is 2. The minimum atomic E-state index is -2.85. The van der Waals surface area contributed by atoms with E-state index in [0.29, 0.717) is 16.1 Å². The van der Waals surface area contributed by atoms with Gasteiger partial charge < -0.3 is 4.42 Å². The van der Waals surface area contributed by atoms with Crippen molar-refractivity contribution in [2.45, 2.75) is 13.3 Å². The lowest BCUT2D eigenvalue weighted by Gasteiger charge is -2.08. The van der Waals surface area contributed by atoms with Crippen molar-refractivity contribution < 1.29 is 13.2 Å². The molecule has 0 aliphatic rings. The highest BCUT2D eigenvalue weighted by atomic mass is 35.5. The molecule has 142 valence electrons. The van der Waals surface area contributed by atoms with Gasteiger partial charge in [0.2, 0.25) is 5.89 Å². The fourth-order valence-corrected chi connectivity index (χ4v) is 3.24. The average Bonchev–Trinajstić information content (AvgIpc) is 3.08. The maximum absolute atomic E-state index is 13.3. The van der Waals surface area contributed by atoms with E-state index in [2.05, 4.69) is 15.1 Å². The van der Waals surface area contributed by atoms with Crippen LogP contribution in [0.2, 0.25) is 10.0 Å². The Morgan fingerprint density at radius 1 is 1.21 bits per heavy atom. The summed E-state index contributed by atoms with van der Waals surface area (Å²) in [5, 5.41) is 4.58. The van der Waals surface area contributed by atoms with Crippen LogP contribution in [0.3, 0.4) is 0 Å². The quantitative estimate of drug-likeness (QED) is 0.464. The molecule has 4 rings (SSSR count). The second-order valence-electron chi connectivity index (χ2n) is 5.90. The molecular weight excluding hydrogens is 413 g/mol. The minimum Gasteiger partial charge on any atom is -0.401 e. The van der Waals surface area contributed by atoms with Crippen LogP contribution >= 0.6 is 23.2 Å². The van der Waals surface area contributed by atoms with E-state index in [9.17, 15) is 13.6 Å². The van der Waals surface area contributed by atoms with E-state index in [0.717, 1.165) is 10.7 Å². The topological polar surface area (TPSA) is 73.8 Å². The van der Waals surface area contributed by atoms with E-state index in [1.807, 2.05) is 0 Å². The van der Waals surface area contributed by atoms with Crippen molar-refractivity contribution in [1.29, 1.82) is 0 Å². The Labute approximate surface area is 166 Å². The summed E-state index contributed by atoms with van der Waals surface area (Å²) in [7, 11) is 0. The highest BCUT2D eigenvalue weighted by molar-refractivity contribution is 6.32. The summed E-state index contributed by atoms with van der Waals surface area (Å²) in [5.41, 5.74) is -0.246. The zero-order valence-corrected chi connectivity index (χ0v) is 15.7. The Balaban J connectivity index is 2.02. The molecule has 1 aromatic carbocycles. The second-order valence-corrected chi connectivity index (χ2v) is 6.74. The van der Waals surface area contributed by atoms with Crippen LogP contribution in [0.25, 0.3) is 28.3 Å². The van der Waals surface area contributed by atoms with E-state index in [-0.39, 0.29) is 27.8 Å². The molecule has 0 aliphatic heterocycles. The number of halogens is 4. The van der Waals surface area contributed by atoms with Crippen LogP contribution in [0.15, 0.2) is 45.7 Å². The number of aromatic nitrogens is 4. The lowest BCUT2D eigenvalue weighted by atomic mass is 10.1. The van der Waals surface area contributed by atoms with Crippen molar-refractivity contribution >= 4 is 34.1 Å². The Morgan fingerprint density at radius 2 is 2.00 bits per heavy atom. The van der Waals surface area contributed by atoms with Gasteiger partial charge in [-0.15, -0.1) is 0 Å². The Morgan fingerprint density at radius 3 is 2.71 bits per heavy atom. The standard InChI is InChI=1S/C18H10Cl2F2N4O2/c1-8-5-9(19)6-10-14(8)24-17(28-18(10)27)13-7-12(15(21)22)25-26(13)16-11(20)3-2-4-23-16/h2-7,15H,1H3. The smallest absolute Gasteiger partial charge is 0.347 e. The van der Waals surface area contributed by atoms with Crippen molar-refractivity contribution in [1.82, 2.24) is 19.7 Å². The third-order valence-corrected chi connectivity index (χ3v) is 4.51. The maximum Gasteiger partial charge on any atom is 0.347 e.